The van der Waals surface area contributed by atoms with Crippen LogP contribution in [0.4, 0.5) is 0 Å². The van der Waals surface area contributed by atoms with Crippen molar-refractivity contribution in [2.24, 2.45) is 0 Å². The second kappa shape index (κ2) is 7.26. The van der Waals surface area contributed by atoms with E-state index in [0.29, 0.717) is 5.75 Å². The minimum atomic E-state index is -1.03. The summed E-state index contributed by atoms with van der Waals surface area (Å²) in [6.45, 7) is 0. The van der Waals surface area contributed by atoms with Crippen LogP contribution in [0.5, 0.6) is 11.5 Å². The molecule has 0 amide bonds. The molecule has 0 radical (unpaired) electrons. The van der Waals surface area contributed by atoms with Gasteiger partial charge >= 0.3 is 5.97 Å². The molecule has 5 nitrogen and oxygen atoms in total. The van der Waals surface area contributed by atoms with E-state index in [1.165, 1.54) is 20.3 Å². The van der Waals surface area contributed by atoms with Crippen molar-refractivity contribution in [1.29, 1.82) is 0 Å². The molecule has 0 fully saturated rings. The number of hydrogen-bond acceptors (Lipinski definition) is 3. The molecule has 0 aliphatic carbocycles. The van der Waals surface area contributed by atoms with Gasteiger partial charge in [-0.25, -0.2) is 4.79 Å². The zero-order chi connectivity index (χ0) is 9.84. The summed E-state index contributed by atoms with van der Waals surface area (Å²) in [7, 11) is 2.87. The largest absolute Gasteiger partial charge is 0.493 e. The molecule has 1 rings (SSSR count). The predicted molar refractivity (Wildman–Crippen MR) is 50.1 cm³/mol. The zero-order valence-corrected chi connectivity index (χ0v) is 10.5. The van der Waals surface area contributed by atoms with Gasteiger partial charge in [0.1, 0.15) is 5.56 Å². The van der Waals surface area contributed by atoms with Crippen LogP contribution >= 0.6 is 0 Å². The molecule has 88 valence electrons. The number of ether oxygens (including phenoxy) is 2. The van der Waals surface area contributed by atoms with E-state index in [2.05, 4.69) is 0 Å². The van der Waals surface area contributed by atoms with E-state index in [4.69, 9.17) is 14.6 Å². The van der Waals surface area contributed by atoms with Gasteiger partial charge in [-0.3, -0.25) is 0 Å². The number of carboxylic acid groups (broad SMARTS) is 1. The maximum Gasteiger partial charge on any atom is 0.339 e. The Morgan fingerprint density at radius 1 is 1.27 bits per heavy atom. The van der Waals surface area contributed by atoms with Gasteiger partial charge in [0, 0.05) is 21.1 Å². The number of carbonyl (C=O) groups is 1. The first kappa shape index (κ1) is 16.4. The quantitative estimate of drug-likeness (QED) is 0.811. The van der Waals surface area contributed by atoms with Crippen LogP contribution in [0, 0.1) is 0 Å². The third-order valence-electron chi connectivity index (χ3n) is 1.63. The number of carboxylic acids is 1. The van der Waals surface area contributed by atoms with Gasteiger partial charge in [-0.15, -0.1) is 0 Å². The van der Waals surface area contributed by atoms with Crippen molar-refractivity contribution in [3.63, 3.8) is 0 Å². The monoisotopic (exact) mass is 395 g/mol. The van der Waals surface area contributed by atoms with Gasteiger partial charge in [0.2, 0.25) is 0 Å². The number of rotatable bonds is 3. The molecule has 0 aromatic heterocycles. The first-order valence-corrected chi connectivity index (χ1v) is 3.65. The fraction of sp³-hybridized carbons (Fsp3) is 0.222. The average Bonchev–Trinajstić information content (AvgIpc) is 2.16. The van der Waals surface area contributed by atoms with Crippen LogP contribution < -0.4 is 9.47 Å². The molecule has 0 saturated heterocycles. The maximum atomic E-state index is 10.7. The normalized spacial score (nSPS) is 8.13. The van der Waals surface area contributed by atoms with Gasteiger partial charge in [0.15, 0.2) is 11.5 Å². The van der Waals surface area contributed by atoms with Gasteiger partial charge in [-0.2, -0.15) is 0 Å². The summed E-state index contributed by atoms with van der Waals surface area (Å²) < 4.78 is 9.86. The topological polar surface area (TPSA) is 87.3 Å². The van der Waals surface area contributed by atoms with Crippen LogP contribution in [0.3, 0.4) is 0 Å². The predicted octanol–water partition coefficient (Wildman–Crippen LogP) is 0.575. The number of para-hydroxylation sites is 1. The fourth-order valence-electron chi connectivity index (χ4n) is 1.06. The smallest absolute Gasteiger partial charge is 0.339 e. The molecule has 1 aromatic carbocycles. The summed E-state index contributed by atoms with van der Waals surface area (Å²) in [6, 6.07) is 4.71. The van der Waals surface area contributed by atoms with E-state index in [1.807, 2.05) is 0 Å². The van der Waals surface area contributed by atoms with Gasteiger partial charge in [-0.1, -0.05) is 6.07 Å². The van der Waals surface area contributed by atoms with E-state index in [9.17, 15) is 4.79 Å². The number of hydrogen-bond donors (Lipinski definition) is 1. The van der Waals surface area contributed by atoms with Crippen molar-refractivity contribution in [2.75, 3.05) is 14.2 Å². The van der Waals surface area contributed by atoms with Crippen LogP contribution in [-0.2, 0) is 21.1 Å². The first-order valence-electron chi connectivity index (χ1n) is 3.65. The summed E-state index contributed by atoms with van der Waals surface area (Å²) in [5, 5.41) is 8.78. The van der Waals surface area contributed by atoms with Crippen LogP contribution in [0.25, 0.3) is 0 Å². The zero-order valence-electron chi connectivity index (χ0n) is 8.22. The summed E-state index contributed by atoms with van der Waals surface area (Å²) in [6.07, 6.45) is 0. The third-order valence-corrected chi connectivity index (χ3v) is 1.63. The average molecular weight is 395 g/mol. The number of benzene rings is 1. The molecule has 0 aliphatic rings. The Morgan fingerprint density at radius 3 is 2.27 bits per heavy atom. The van der Waals surface area contributed by atoms with E-state index < -0.39 is 5.97 Å². The molecule has 0 bridgehead atoms. The molecule has 0 spiro atoms. The molecule has 1 aromatic rings. The second-order valence-electron chi connectivity index (χ2n) is 2.35. The minimum Gasteiger partial charge on any atom is -0.493 e. The van der Waals surface area contributed by atoms with E-state index in [1.54, 1.807) is 12.1 Å². The van der Waals surface area contributed by atoms with E-state index in [-0.39, 0.29) is 37.9 Å². The van der Waals surface area contributed by atoms with Crippen LogP contribution in [0.2, 0.25) is 0 Å². The van der Waals surface area contributed by atoms with Gasteiger partial charge in [0.25, 0.3) is 0 Å². The van der Waals surface area contributed by atoms with Crippen molar-refractivity contribution in [1.82, 2.24) is 0 Å². The molecule has 0 unspecified atom stereocenters. The Labute approximate surface area is 102 Å². The Balaban J connectivity index is 0. The number of methoxy groups -OCH3 is 2. The van der Waals surface area contributed by atoms with Crippen molar-refractivity contribution >= 4 is 5.97 Å². The fourth-order valence-corrected chi connectivity index (χ4v) is 1.06. The minimum absolute atomic E-state index is 0. The second-order valence-corrected chi connectivity index (χ2v) is 2.35. The Morgan fingerprint density at radius 2 is 1.87 bits per heavy atom. The van der Waals surface area contributed by atoms with Crippen LogP contribution in [0.15, 0.2) is 18.2 Å². The summed E-state index contributed by atoms with van der Waals surface area (Å²) >= 11 is 0. The van der Waals surface area contributed by atoms with Crippen molar-refractivity contribution in [2.45, 2.75) is 0 Å². The van der Waals surface area contributed by atoms with Crippen LogP contribution in [0.1, 0.15) is 10.4 Å². The molecule has 0 aliphatic heterocycles. The molecular formula is C9H12O5Pt. The van der Waals surface area contributed by atoms with Crippen molar-refractivity contribution in [3.8, 4) is 11.5 Å². The van der Waals surface area contributed by atoms with Gasteiger partial charge < -0.3 is 20.1 Å². The summed E-state index contributed by atoms with van der Waals surface area (Å²) in [5.41, 5.74) is 0.0989. The molecule has 6 heteroatoms. The Hall–Kier alpha value is -1.06. The molecule has 0 heterocycles. The van der Waals surface area contributed by atoms with E-state index in [0.717, 1.165) is 0 Å². The molecule has 15 heavy (non-hydrogen) atoms. The van der Waals surface area contributed by atoms with Crippen molar-refractivity contribution in [3.05, 3.63) is 23.8 Å². The van der Waals surface area contributed by atoms with Crippen molar-refractivity contribution < 1.29 is 45.9 Å². The maximum absolute atomic E-state index is 10.7. The van der Waals surface area contributed by atoms with Gasteiger partial charge in [0.05, 0.1) is 14.2 Å². The van der Waals surface area contributed by atoms with Gasteiger partial charge in [-0.05, 0) is 12.1 Å². The summed E-state index contributed by atoms with van der Waals surface area (Å²) in [5.74, 6) is -0.365. The Bertz CT molecular complexity index is 326. The third kappa shape index (κ3) is 3.53. The Kier molecular flexibility index (Phi) is 7.92. The summed E-state index contributed by atoms with van der Waals surface area (Å²) in [4.78, 5) is 10.7. The SMILES string of the molecule is COc1cccc(C(=O)O)c1OC.O.[Pt]. The number of aromatic carboxylic acids is 1. The molecular weight excluding hydrogens is 383 g/mol. The van der Waals surface area contributed by atoms with Crippen LogP contribution in [-0.4, -0.2) is 30.8 Å². The first-order chi connectivity index (χ1) is 6.20. The van der Waals surface area contributed by atoms with E-state index >= 15 is 0 Å². The molecule has 0 saturated carbocycles. The standard InChI is InChI=1S/C9H10O4.H2O.Pt/c1-12-7-5-3-4-6(9(10)11)8(7)13-2;;/h3-5H,1-2H3,(H,10,11);1H2;. The molecule has 0 atom stereocenters. The molecule has 3 N–H and O–H groups in total.